The summed E-state index contributed by atoms with van der Waals surface area (Å²) in [6, 6.07) is 9.65. The number of carbonyl (C=O) groups is 1. The van der Waals surface area contributed by atoms with Crippen molar-refractivity contribution in [3.63, 3.8) is 0 Å². The maximum atomic E-state index is 12.4. The largest absolute Gasteiger partial charge is 0.496 e. The van der Waals surface area contributed by atoms with Crippen molar-refractivity contribution in [2.24, 2.45) is 0 Å². The highest BCUT2D eigenvalue weighted by molar-refractivity contribution is 5.78. The topological polar surface area (TPSA) is 70.8 Å². The number of nitrogens with zero attached hydrogens (tertiary/aromatic N) is 3. The number of aryl methyl sites for hydroxylation is 1. The molecule has 3 rings (SSSR count). The number of nitrogens with one attached hydrogen (secondary N) is 1. The molecule has 1 fully saturated rings. The Balaban J connectivity index is 1.44. The molecule has 0 spiro atoms. The van der Waals surface area contributed by atoms with Crippen LogP contribution in [-0.2, 0) is 11.3 Å². The Morgan fingerprint density at radius 3 is 2.63 bits per heavy atom. The molecule has 0 bridgehead atoms. The SMILES string of the molecule is COc1ccccc1C(C)NC(=O)CN1CCN(Cc2cc(C)no2)CC1. The maximum Gasteiger partial charge on any atom is 0.234 e. The van der Waals surface area contributed by atoms with Crippen LogP contribution in [0.4, 0.5) is 0 Å². The van der Waals surface area contributed by atoms with Crippen LogP contribution in [0.3, 0.4) is 0 Å². The van der Waals surface area contributed by atoms with Gasteiger partial charge in [-0.3, -0.25) is 14.6 Å². The molecule has 0 aliphatic carbocycles. The molecule has 1 aromatic carbocycles. The molecule has 0 radical (unpaired) electrons. The van der Waals surface area contributed by atoms with Crippen molar-refractivity contribution in [2.45, 2.75) is 26.4 Å². The summed E-state index contributed by atoms with van der Waals surface area (Å²) in [7, 11) is 1.65. The van der Waals surface area contributed by atoms with Crippen LogP contribution in [0.5, 0.6) is 5.75 Å². The number of piperazine rings is 1. The number of carbonyl (C=O) groups excluding carboxylic acids is 1. The van der Waals surface area contributed by atoms with Gasteiger partial charge in [0.1, 0.15) is 5.75 Å². The molecule has 2 aromatic rings. The van der Waals surface area contributed by atoms with Gasteiger partial charge in [-0.25, -0.2) is 0 Å². The highest BCUT2D eigenvalue weighted by atomic mass is 16.5. The molecule has 0 saturated carbocycles. The monoisotopic (exact) mass is 372 g/mol. The average molecular weight is 372 g/mol. The van der Waals surface area contributed by atoms with Gasteiger partial charge >= 0.3 is 0 Å². The van der Waals surface area contributed by atoms with E-state index < -0.39 is 0 Å². The average Bonchev–Trinajstić information content (AvgIpc) is 3.08. The lowest BCUT2D eigenvalue weighted by Gasteiger charge is -2.33. The molecule has 1 N–H and O–H groups in total. The van der Waals surface area contributed by atoms with E-state index in [9.17, 15) is 4.79 Å². The van der Waals surface area contributed by atoms with Crippen molar-refractivity contribution >= 4 is 5.91 Å². The molecule has 1 aliphatic heterocycles. The number of hydrogen-bond donors (Lipinski definition) is 1. The van der Waals surface area contributed by atoms with Gasteiger partial charge in [0, 0.05) is 37.8 Å². The smallest absolute Gasteiger partial charge is 0.234 e. The minimum atomic E-state index is -0.0929. The Hall–Kier alpha value is -2.38. The lowest BCUT2D eigenvalue weighted by Crippen LogP contribution is -2.49. The van der Waals surface area contributed by atoms with Crippen LogP contribution >= 0.6 is 0 Å². The number of benzene rings is 1. The van der Waals surface area contributed by atoms with Gasteiger partial charge in [0.2, 0.25) is 5.91 Å². The van der Waals surface area contributed by atoms with Crippen molar-refractivity contribution in [1.29, 1.82) is 0 Å². The second-order valence-electron chi connectivity index (χ2n) is 7.02. The summed E-state index contributed by atoms with van der Waals surface area (Å²) < 4.78 is 10.7. The predicted octanol–water partition coefficient (Wildman–Crippen LogP) is 1.99. The van der Waals surface area contributed by atoms with Gasteiger partial charge in [-0.1, -0.05) is 23.4 Å². The molecule has 27 heavy (non-hydrogen) atoms. The van der Waals surface area contributed by atoms with Gasteiger partial charge in [-0.05, 0) is 19.9 Å². The zero-order valence-electron chi connectivity index (χ0n) is 16.3. The number of methoxy groups -OCH3 is 1. The van der Waals surface area contributed by atoms with Crippen LogP contribution < -0.4 is 10.1 Å². The molecule has 1 unspecified atom stereocenters. The van der Waals surface area contributed by atoms with Crippen molar-refractivity contribution in [1.82, 2.24) is 20.3 Å². The molecular formula is C20H28N4O3. The van der Waals surface area contributed by atoms with Gasteiger partial charge < -0.3 is 14.6 Å². The van der Waals surface area contributed by atoms with Crippen LogP contribution in [-0.4, -0.2) is 60.7 Å². The van der Waals surface area contributed by atoms with E-state index in [1.165, 1.54) is 0 Å². The third-order valence-electron chi connectivity index (χ3n) is 4.87. The molecule has 1 aromatic heterocycles. The second kappa shape index (κ2) is 9.01. The first-order chi connectivity index (χ1) is 13.0. The molecule has 2 heterocycles. The van der Waals surface area contributed by atoms with Crippen LogP contribution in [0, 0.1) is 6.92 Å². The van der Waals surface area contributed by atoms with Crippen LogP contribution in [0.2, 0.25) is 0 Å². The number of ether oxygens (including phenoxy) is 1. The summed E-state index contributed by atoms with van der Waals surface area (Å²) in [5, 5.41) is 7.00. The highest BCUT2D eigenvalue weighted by Crippen LogP contribution is 2.24. The summed E-state index contributed by atoms with van der Waals surface area (Å²) in [5.74, 6) is 1.72. The van der Waals surface area contributed by atoms with Crippen molar-refractivity contribution in [3.05, 3.63) is 47.3 Å². The number of amides is 1. The number of hydrogen-bond acceptors (Lipinski definition) is 6. The molecule has 1 atom stereocenters. The Morgan fingerprint density at radius 1 is 1.26 bits per heavy atom. The van der Waals surface area contributed by atoms with Gasteiger partial charge in [-0.15, -0.1) is 0 Å². The van der Waals surface area contributed by atoms with Gasteiger partial charge in [0.15, 0.2) is 5.76 Å². The molecule has 1 amide bonds. The fourth-order valence-electron chi connectivity index (χ4n) is 3.41. The zero-order valence-corrected chi connectivity index (χ0v) is 16.3. The fourth-order valence-corrected chi connectivity index (χ4v) is 3.41. The first-order valence-electron chi connectivity index (χ1n) is 9.34. The summed E-state index contributed by atoms with van der Waals surface area (Å²) in [6.07, 6.45) is 0. The molecule has 7 heteroatoms. The van der Waals surface area contributed by atoms with Crippen molar-refractivity contribution < 1.29 is 14.1 Å². The summed E-state index contributed by atoms with van der Waals surface area (Å²) in [6.45, 7) is 8.64. The molecule has 7 nitrogen and oxygen atoms in total. The van der Waals surface area contributed by atoms with E-state index in [1.807, 2.05) is 44.2 Å². The number of rotatable bonds is 7. The number of aromatic nitrogens is 1. The van der Waals surface area contributed by atoms with Gasteiger partial charge in [0.25, 0.3) is 0 Å². The van der Waals surface area contributed by atoms with E-state index in [0.29, 0.717) is 6.54 Å². The van der Waals surface area contributed by atoms with Crippen LogP contribution in [0.1, 0.15) is 30.0 Å². The Kier molecular flexibility index (Phi) is 6.47. The predicted molar refractivity (Wildman–Crippen MR) is 103 cm³/mol. The van der Waals surface area contributed by atoms with Crippen molar-refractivity contribution in [3.8, 4) is 5.75 Å². The summed E-state index contributed by atoms with van der Waals surface area (Å²) >= 11 is 0. The molecule has 1 aliphatic rings. The molecular weight excluding hydrogens is 344 g/mol. The Morgan fingerprint density at radius 2 is 1.96 bits per heavy atom. The van der Waals surface area contributed by atoms with E-state index >= 15 is 0 Å². The fraction of sp³-hybridized carbons (Fsp3) is 0.500. The molecule has 146 valence electrons. The van der Waals surface area contributed by atoms with E-state index in [0.717, 1.165) is 55.5 Å². The van der Waals surface area contributed by atoms with E-state index in [-0.39, 0.29) is 11.9 Å². The third kappa shape index (κ3) is 5.30. The first kappa shape index (κ1) is 19.4. The Labute approximate surface area is 160 Å². The lowest BCUT2D eigenvalue weighted by atomic mass is 10.1. The van der Waals surface area contributed by atoms with Crippen LogP contribution in [0.15, 0.2) is 34.9 Å². The maximum absolute atomic E-state index is 12.4. The quantitative estimate of drug-likeness (QED) is 0.801. The highest BCUT2D eigenvalue weighted by Gasteiger charge is 2.21. The van der Waals surface area contributed by atoms with Crippen molar-refractivity contribution in [2.75, 3.05) is 39.8 Å². The van der Waals surface area contributed by atoms with E-state index in [4.69, 9.17) is 9.26 Å². The zero-order chi connectivity index (χ0) is 19.2. The lowest BCUT2D eigenvalue weighted by molar-refractivity contribution is -0.123. The standard InChI is InChI=1S/C20H28N4O3/c1-15-12-17(27-22-15)13-23-8-10-24(11-9-23)14-20(25)21-16(2)18-6-4-5-7-19(18)26-3/h4-7,12,16H,8-11,13-14H2,1-3H3,(H,21,25). The van der Waals surface area contributed by atoms with E-state index in [2.05, 4.69) is 20.3 Å². The van der Waals surface area contributed by atoms with E-state index in [1.54, 1.807) is 7.11 Å². The Bertz CT molecular complexity index is 753. The van der Waals surface area contributed by atoms with Crippen LogP contribution in [0.25, 0.3) is 0 Å². The van der Waals surface area contributed by atoms with Gasteiger partial charge in [0.05, 0.1) is 31.9 Å². The first-order valence-corrected chi connectivity index (χ1v) is 9.34. The number of para-hydroxylation sites is 1. The normalized spacial score (nSPS) is 16.9. The van der Waals surface area contributed by atoms with Gasteiger partial charge in [-0.2, -0.15) is 0 Å². The summed E-state index contributed by atoms with van der Waals surface area (Å²) in [4.78, 5) is 17.0. The minimum absolute atomic E-state index is 0.0349. The minimum Gasteiger partial charge on any atom is -0.496 e. The third-order valence-corrected chi connectivity index (χ3v) is 4.87. The summed E-state index contributed by atoms with van der Waals surface area (Å²) in [5.41, 5.74) is 1.89. The molecule has 1 saturated heterocycles. The second-order valence-corrected chi connectivity index (χ2v) is 7.02.